The smallest absolute Gasteiger partial charge is 0.431 e. The molecule has 1 amide bonds. The maximum absolute atomic E-state index is 13.4. The van der Waals surface area contributed by atoms with Crippen molar-refractivity contribution in [2.45, 2.75) is 84.1 Å². The standard InChI is InChI=1S/C28H37N3O9S2/c1-14-18(17-10-30-12-29-22(24(30)41-17)42(7,36)37)21(31-20(14)19(15(2)32)23(31)33)25(34)38-13-39-26(35)40-16-8-27(3,4)11-28(5,6)9-16/h10,12,14-16,19-20,32H,8-9,11,13H2,1-7H3/t14-,15+,19+,20+/m0/s1. The van der Waals surface area contributed by atoms with Crippen LogP contribution in [0, 0.1) is 22.7 Å². The van der Waals surface area contributed by atoms with Crippen molar-refractivity contribution >= 4 is 49.6 Å². The van der Waals surface area contributed by atoms with Gasteiger partial charge in [-0.15, -0.1) is 11.3 Å². The first-order valence-electron chi connectivity index (χ1n) is 13.8. The monoisotopic (exact) mass is 623 g/mol. The van der Waals surface area contributed by atoms with Gasteiger partial charge in [-0.25, -0.2) is 23.0 Å². The van der Waals surface area contributed by atoms with E-state index in [9.17, 15) is 27.9 Å². The number of aromatic nitrogens is 2. The summed E-state index contributed by atoms with van der Waals surface area (Å²) in [6.45, 7) is 11.2. The zero-order chi connectivity index (χ0) is 30.9. The van der Waals surface area contributed by atoms with Crippen LogP contribution in [0.3, 0.4) is 0 Å². The maximum atomic E-state index is 13.4. The number of hydrogen-bond acceptors (Lipinski definition) is 11. The van der Waals surface area contributed by atoms with Crippen molar-refractivity contribution in [3.63, 3.8) is 0 Å². The van der Waals surface area contributed by atoms with E-state index >= 15 is 0 Å². The molecule has 0 aromatic carbocycles. The first-order chi connectivity index (χ1) is 19.4. The van der Waals surface area contributed by atoms with Crippen LogP contribution in [0.25, 0.3) is 10.4 Å². The summed E-state index contributed by atoms with van der Waals surface area (Å²) >= 11 is 1.12. The molecule has 0 radical (unpaired) electrons. The number of aliphatic hydroxyl groups excluding tert-OH is 1. The zero-order valence-corrected chi connectivity index (χ0v) is 26.4. The molecule has 42 heavy (non-hydrogen) atoms. The van der Waals surface area contributed by atoms with Gasteiger partial charge in [0.1, 0.15) is 23.0 Å². The van der Waals surface area contributed by atoms with Crippen LogP contribution in [-0.4, -0.2) is 77.1 Å². The lowest BCUT2D eigenvalue weighted by Crippen LogP contribution is -2.63. The van der Waals surface area contributed by atoms with Crippen molar-refractivity contribution in [2.24, 2.45) is 22.7 Å². The molecule has 1 saturated carbocycles. The Morgan fingerprint density at radius 2 is 1.83 bits per heavy atom. The number of sulfone groups is 1. The number of nitrogens with zero attached hydrogens (tertiary/aromatic N) is 3. The van der Waals surface area contributed by atoms with Crippen LogP contribution in [0.2, 0.25) is 0 Å². The van der Waals surface area contributed by atoms with Crippen LogP contribution >= 0.6 is 11.3 Å². The number of carbonyl (C=O) groups excluding carboxylic acids is 3. The molecule has 0 bridgehead atoms. The number of esters is 1. The van der Waals surface area contributed by atoms with Crippen molar-refractivity contribution in [1.82, 2.24) is 14.3 Å². The molecule has 0 spiro atoms. The fourth-order valence-electron chi connectivity index (χ4n) is 7.24. The molecule has 3 aliphatic rings. The van der Waals surface area contributed by atoms with Gasteiger partial charge in [-0.2, -0.15) is 0 Å². The van der Waals surface area contributed by atoms with Crippen LogP contribution in [0.5, 0.6) is 0 Å². The number of fused-ring (bicyclic) bond motifs is 2. The summed E-state index contributed by atoms with van der Waals surface area (Å²) in [6, 6.07) is -0.493. The summed E-state index contributed by atoms with van der Waals surface area (Å²) in [7, 11) is -3.61. The van der Waals surface area contributed by atoms with Gasteiger partial charge >= 0.3 is 12.1 Å². The Bertz CT molecular complexity index is 1570. The molecule has 1 saturated heterocycles. The number of imidazole rings is 1. The van der Waals surface area contributed by atoms with Crippen molar-refractivity contribution in [3.8, 4) is 0 Å². The third-order valence-electron chi connectivity index (χ3n) is 8.31. The highest BCUT2D eigenvalue weighted by Crippen LogP contribution is 2.52. The minimum atomic E-state index is -3.61. The van der Waals surface area contributed by atoms with Gasteiger partial charge in [0.2, 0.25) is 12.7 Å². The van der Waals surface area contributed by atoms with Crippen LogP contribution < -0.4 is 0 Å². The van der Waals surface area contributed by atoms with E-state index < -0.39 is 52.7 Å². The molecule has 2 aliphatic heterocycles. The molecule has 2 aromatic rings. The number of β-lactam (4-membered cyclic amide) rings is 1. The van der Waals surface area contributed by atoms with Crippen molar-refractivity contribution < 1.29 is 42.1 Å². The van der Waals surface area contributed by atoms with Gasteiger partial charge in [0.25, 0.3) is 0 Å². The fourth-order valence-corrected chi connectivity index (χ4v) is 9.59. The molecule has 5 rings (SSSR count). The van der Waals surface area contributed by atoms with Crippen LogP contribution in [0.1, 0.15) is 65.7 Å². The first-order valence-corrected chi connectivity index (χ1v) is 16.5. The van der Waals surface area contributed by atoms with E-state index in [1.807, 2.05) is 6.92 Å². The van der Waals surface area contributed by atoms with Crippen molar-refractivity contribution in [2.75, 3.05) is 13.0 Å². The largest absolute Gasteiger partial charge is 0.511 e. The fraction of sp³-hybridized carbons (Fsp3) is 0.643. The number of hydrogen-bond donors (Lipinski definition) is 1. The highest BCUT2D eigenvalue weighted by molar-refractivity contribution is 7.91. The molecule has 230 valence electrons. The topological polar surface area (TPSA) is 154 Å². The third-order valence-corrected chi connectivity index (χ3v) is 10.6. The molecule has 2 fully saturated rings. The molecule has 1 aliphatic carbocycles. The highest BCUT2D eigenvalue weighted by atomic mass is 32.2. The van der Waals surface area contributed by atoms with Gasteiger partial charge in [-0.1, -0.05) is 34.6 Å². The van der Waals surface area contributed by atoms with Gasteiger partial charge < -0.3 is 24.2 Å². The van der Waals surface area contributed by atoms with Crippen LogP contribution in [-0.2, 0) is 33.6 Å². The van der Waals surface area contributed by atoms with Gasteiger partial charge in [0, 0.05) is 23.9 Å². The second-order valence-corrected chi connectivity index (χ2v) is 16.2. The Kier molecular flexibility index (Phi) is 7.50. The average Bonchev–Trinajstić information content (AvgIpc) is 3.45. The number of rotatable bonds is 7. The molecular weight excluding hydrogens is 586 g/mol. The summed E-state index contributed by atoms with van der Waals surface area (Å²) in [6.07, 6.45) is 4.25. The van der Waals surface area contributed by atoms with Gasteiger partial charge in [0.05, 0.1) is 22.9 Å². The Balaban J connectivity index is 1.36. The Hall–Kier alpha value is -2.97. The quantitative estimate of drug-likeness (QED) is 0.275. The lowest BCUT2D eigenvalue weighted by molar-refractivity contribution is -0.167. The lowest BCUT2D eigenvalue weighted by Gasteiger charge is -2.46. The lowest BCUT2D eigenvalue weighted by atomic mass is 9.64. The minimum absolute atomic E-state index is 0.00258. The van der Waals surface area contributed by atoms with Gasteiger partial charge in [0.15, 0.2) is 14.9 Å². The van der Waals surface area contributed by atoms with Crippen LogP contribution in [0.4, 0.5) is 4.79 Å². The van der Waals surface area contributed by atoms with E-state index in [-0.39, 0.29) is 33.6 Å². The molecule has 1 N–H and O–H groups in total. The van der Waals surface area contributed by atoms with Gasteiger partial charge in [-0.3, -0.25) is 9.20 Å². The summed E-state index contributed by atoms with van der Waals surface area (Å²) < 4.78 is 41.9. The second kappa shape index (κ2) is 10.3. The predicted molar refractivity (Wildman–Crippen MR) is 152 cm³/mol. The normalized spacial score (nSPS) is 26.1. The summed E-state index contributed by atoms with van der Waals surface area (Å²) in [5.41, 5.74) is 0.443. The second-order valence-electron chi connectivity index (χ2n) is 13.2. The molecular formula is C28H37N3O9S2. The summed E-state index contributed by atoms with van der Waals surface area (Å²) in [5, 5.41) is 10.2. The van der Waals surface area contributed by atoms with Crippen molar-refractivity contribution in [3.05, 3.63) is 23.1 Å². The summed E-state index contributed by atoms with van der Waals surface area (Å²) in [5.74, 6) is -2.40. The molecule has 0 unspecified atom stereocenters. The Labute approximate surface area is 248 Å². The molecule has 14 heteroatoms. The van der Waals surface area contributed by atoms with Crippen molar-refractivity contribution in [1.29, 1.82) is 0 Å². The molecule has 4 heterocycles. The number of amides is 1. The summed E-state index contributed by atoms with van der Waals surface area (Å²) in [4.78, 5) is 45.2. The maximum Gasteiger partial charge on any atom is 0.511 e. The number of carbonyl (C=O) groups is 3. The molecule has 12 nitrogen and oxygen atoms in total. The zero-order valence-electron chi connectivity index (χ0n) is 24.7. The number of aliphatic hydroxyl groups is 1. The van der Waals surface area contributed by atoms with Gasteiger partial charge in [-0.05, 0) is 37.0 Å². The van der Waals surface area contributed by atoms with E-state index in [4.69, 9.17) is 14.2 Å². The third kappa shape index (κ3) is 5.44. The van der Waals surface area contributed by atoms with E-state index in [0.29, 0.717) is 28.1 Å². The minimum Gasteiger partial charge on any atom is -0.431 e. The number of thiazole rings is 1. The Morgan fingerprint density at radius 1 is 1.19 bits per heavy atom. The number of ether oxygens (including phenoxy) is 3. The van der Waals surface area contributed by atoms with Crippen LogP contribution in [0.15, 0.2) is 23.2 Å². The SMILES string of the molecule is C[C@@H](O)[C@H]1C(=O)N2C(C(=O)OCOC(=O)OC3CC(C)(C)CC(C)(C)C3)=C(c3cn4cnc(S(C)(=O)=O)c4s3)[C@H](C)[C@H]12. The Morgan fingerprint density at radius 3 is 2.43 bits per heavy atom. The molecule has 2 aromatic heterocycles. The average molecular weight is 624 g/mol. The van der Waals surface area contributed by atoms with E-state index in [0.717, 1.165) is 24.0 Å². The first kappa shape index (κ1) is 30.5. The highest BCUT2D eigenvalue weighted by Gasteiger charge is 2.60. The van der Waals surface area contributed by atoms with E-state index in [1.54, 1.807) is 10.6 Å². The predicted octanol–water partition coefficient (Wildman–Crippen LogP) is 3.63. The van der Waals surface area contributed by atoms with E-state index in [1.165, 1.54) is 18.2 Å². The molecule has 4 atom stereocenters. The van der Waals surface area contributed by atoms with E-state index in [2.05, 4.69) is 32.7 Å².